The second kappa shape index (κ2) is 7.86. The Morgan fingerprint density at radius 1 is 1.04 bits per heavy atom. The number of ketones is 2. The normalized spacial score (nSPS) is 22.4. The third kappa shape index (κ3) is 4.50. The van der Waals surface area contributed by atoms with Crippen molar-refractivity contribution in [3.05, 3.63) is 23.2 Å². The van der Waals surface area contributed by atoms with E-state index < -0.39 is 8.25 Å². The molecule has 3 saturated heterocycles. The molecule has 1 unspecified atom stereocenters. The molecule has 1 aliphatic carbocycles. The third-order valence-corrected chi connectivity index (χ3v) is 4.29. The summed E-state index contributed by atoms with van der Waals surface area (Å²) < 4.78 is 13.7. The third-order valence-electron chi connectivity index (χ3n) is 3.76. The van der Waals surface area contributed by atoms with Gasteiger partial charge in [-0.25, -0.2) is 0 Å². The van der Waals surface area contributed by atoms with Crippen molar-refractivity contribution >= 4 is 37.2 Å². The first kappa shape index (κ1) is 19.2. The van der Waals surface area contributed by atoms with Crippen LogP contribution in [0.5, 0.6) is 0 Å². The van der Waals surface area contributed by atoms with Crippen LogP contribution in [0.2, 0.25) is 0 Å². The van der Waals surface area contributed by atoms with E-state index in [1.165, 1.54) is 6.08 Å². The first-order chi connectivity index (χ1) is 11.0. The van der Waals surface area contributed by atoms with E-state index in [1.54, 1.807) is 6.92 Å². The zero-order valence-electron chi connectivity index (χ0n) is 12.9. The SMILES string of the molecule is CCO[PH](=O)O.O=C1C=C(N2CC2)C(=O)C(N2CC2)=C1N1CC1.[AlH3]. The summed E-state index contributed by atoms with van der Waals surface area (Å²) in [6.45, 7) is 7.39. The maximum absolute atomic E-state index is 12.4. The Labute approximate surface area is 151 Å². The first-order valence-corrected chi connectivity index (χ1v) is 8.95. The van der Waals surface area contributed by atoms with Crippen LogP contribution < -0.4 is 0 Å². The minimum atomic E-state index is -2.64. The lowest BCUT2D eigenvalue weighted by molar-refractivity contribution is -0.117. The molecule has 3 aliphatic heterocycles. The van der Waals surface area contributed by atoms with Gasteiger partial charge in [-0.3, -0.25) is 14.2 Å². The molecule has 0 radical (unpaired) electrons. The molecule has 3 heterocycles. The van der Waals surface area contributed by atoms with Gasteiger partial charge in [0.25, 0.3) is 0 Å². The van der Waals surface area contributed by atoms with Crippen molar-refractivity contribution in [1.29, 1.82) is 0 Å². The van der Waals surface area contributed by atoms with Gasteiger partial charge in [-0.05, 0) is 6.92 Å². The van der Waals surface area contributed by atoms with Gasteiger partial charge in [0.2, 0.25) is 11.6 Å². The van der Waals surface area contributed by atoms with E-state index in [-0.39, 0.29) is 28.9 Å². The van der Waals surface area contributed by atoms with Gasteiger partial charge >= 0.3 is 8.25 Å². The lowest BCUT2D eigenvalue weighted by Gasteiger charge is -2.21. The minimum Gasteiger partial charge on any atom is -0.365 e. The molecule has 0 spiro atoms. The molecule has 1 N–H and O–H groups in total. The molecule has 0 bridgehead atoms. The molecule has 0 aromatic carbocycles. The monoisotopic (exact) mass is 371 g/mol. The molecule has 3 fully saturated rings. The fourth-order valence-electron chi connectivity index (χ4n) is 2.40. The highest BCUT2D eigenvalue weighted by Gasteiger charge is 2.43. The minimum absolute atomic E-state index is 0. The van der Waals surface area contributed by atoms with Gasteiger partial charge in [-0.2, -0.15) is 0 Å². The van der Waals surface area contributed by atoms with E-state index in [0.717, 1.165) is 39.3 Å². The van der Waals surface area contributed by atoms with Crippen LogP contribution in [0.15, 0.2) is 23.2 Å². The highest BCUT2D eigenvalue weighted by molar-refractivity contribution is 7.32. The smallest absolute Gasteiger partial charge is 0.316 e. The summed E-state index contributed by atoms with van der Waals surface area (Å²) in [6.07, 6.45) is 1.52. The van der Waals surface area contributed by atoms with Crippen molar-refractivity contribution in [2.75, 3.05) is 45.9 Å². The van der Waals surface area contributed by atoms with Gasteiger partial charge < -0.3 is 24.1 Å². The van der Waals surface area contributed by atoms with Gasteiger partial charge in [-0.15, -0.1) is 0 Å². The number of allylic oxidation sites excluding steroid dienone is 1. The van der Waals surface area contributed by atoms with Gasteiger partial charge in [0.1, 0.15) is 11.4 Å². The zero-order valence-corrected chi connectivity index (χ0v) is 13.9. The summed E-state index contributed by atoms with van der Waals surface area (Å²) in [5.41, 5.74) is 1.89. The highest BCUT2D eigenvalue weighted by Crippen LogP contribution is 2.33. The van der Waals surface area contributed by atoms with Crippen molar-refractivity contribution in [3.63, 3.8) is 0 Å². The van der Waals surface area contributed by atoms with Gasteiger partial charge in [0, 0.05) is 45.3 Å². The number of rotatable bonds is 5. The van der Waals surface area contributed by atoms with Crippen molar-refractivity contribution in [2.45, 2.75) is 6.92 Å². The summed E-state index contributed by atoms with van der Waals surface area (Å²) in [5, 5.41) is 0. The van der Waals surface area contributed by atoms with Crippen LogP contribution in [0.3, 0.4) is 0 Å². The molecule has 10 heteroatoms. The maximum Gasteiger partial charge on any atom is 0.316 e. The number of hydrogen-bond acceptors (Lipinski definition) is 7. The van der Waals surface area contributed by atoms with Crippen LogP contribution in [0.1, 0.15) is 6.92 Å². The number of carbonyl (C=O) groups excluding carboxylic acids is 2. The topological polar surface area (TPSA) is 89.7 Å². The summed E-state index contributed by atoms with van der Waals surface area (Å²) in [5.74, 6) is 0.0485. The summed E-state index contributed by atoms with van der Waals surface area (Å²) in [6, 6.07) is 0. The summed E-state index contributed by atoms with van der Waals surface area (Å²) >= 11 is 0. The number of nitrogens with zero attached hydrogens (tertiary/aromatic N) is 3. The quantitative estimate of drug-likeness (QED) is 0.268. The largest absolute Gasteiger partial charge is 0.365 e. The first-order valence-electron chi connectivity index (χ1n) is 7.68. The Bertz CT molecular complexity index is 624. The fraction of sp³-hybridized carbons (Fsp3) is 0.571. The number of carbonyl (C=O) groups is 2. The summed E-state index contributed by atoms with van der Waals surface area (Å²) in [4.78, 5) is 38.3. The molecule has 0 aromatic rings. The molecule has 4 rings (SSSR count). The number of hydrogen-bond donors (Lipinski definition) is 1. The van der Waals surface area contributed by atoms with Crippen LogP contribution in [-0.2, 0) is 18.7 Å². The van der Waals surface area contributed by atoms with Gasteiger partial charge in [-0.1, -0.05) is 0 Å². The van der Waals surface area contributed by atoms with Crippen LogP contribution >= 0.6 is 8.25 Å². The van der Waals surface area contributed by atoms with Crippen LogP contribution in [0.4, 0.5) is 0 Å². The molecular formula is C14H23AlN3O5P. The Morgan fingerprint density at radius 2 is 1.54 bits per heavy atom. The average Bonchev–Trinajstić information content (AvgIpc) is 3.37. The number of Topliss-reactive ketones (excluding diaryl/α,β-unsaturated/α-hetero) is 1. The molecule has 0 amide bonds. The average molecular weight is 371 g/mol. The Kier molecular flexibility index (Phi) is 6.29. The van der Waals surface area contributed by atoms with Crippen LogP contribution in [0.25, 0.3) is 0 Å². The van der Waals surface area contributed by atoms with E-state index in [2.05, 4.69) is 4.52 Å². The lowest BCUT2D eigenvalue weighted by Crippen LogP contribution is -2.29. The Morgan fingerprint density at radius 3 is 1.92 bits per heavy atom. The Balaban J connectivity index is 0.000000261. The van der Waals surface area contributed by atoms with Crippen LogP contribution in [0, 0.1) is 0 Å². The fourth-order valence-corrected chi connectivity index (χ4v) is 2.65. The van der Waals surface area contributed by atoms with E-state index in [9.17, 15) is 14.2 Å². The Hall–Kier alpha value is -1.10. The maximum atomic E-state index is 12.4. The predicted molar refractivity (Wildman–Crippen MR) is 92.6 cm³/mol. The molecule has 8 nitrogen and oxygen atoms in total. The van der Waals surface area contributed by atoms with Gasteiger partial charge in [0.15, 0.2) is 17.4 Å². The van der Waals surface area contributed by atoms with E-state index in [4.69, 9.17) is 4.89 Å². The lowest BCUT2D eigenvalue weighted by atomic mass is 10.0. The van der Waals surface area contributed by atoms with Crippen molar-refractivity contribution < 1.29 is 23.6 Å². The highest BCUT2D eigenvalue weighted by atomic mass is 31.1. The molecule has 24 heavy (non-hydrogen) atoms. The second-order valence-corrected chi connectivity index (χ2v) is 6.40. The molecular weight excluding hydrogens is 348 g/mol. The van der Waals surface area contributed by atoms with E-state index in [0.29, 0.717) is 23.7 Å². The van der Waals surface area contributed by atoms with Crippen molar-refractivity contribution in [2.24, 2.45) is 0 Å². The second-order valence-electron chi connectivity index (χ2n) is 5.58. The van der Waals surface area contributed by atoms with E-state index >= 15 is 0 Å². The van der Waals surface area contributed by atoms with Gasteiger partial charge in [0.05, 0.1) is 12.3 Å². The molecule has 4 aliphatic rings. The molecule has 0 aromatic heterocycles. The standard InChI is InChI=1S/C12H13N3O2.C2H7O3P.Al.3H/c16-9-7-8(13-1-2-13)12(17)11(15-5-6-15)10(9)14-3-4-14;1-2-5-6(3)4;;;;/h7H,1-6H2;6H,2H2,1H3,(H,3,4);;;;. The zero-order chi connectivity index (χ0) is 16.6. The van der Waals surface area contributed by atoms with Crippen molar-refractivity contribution in [1.82, 2.24) is 14.7 Å². The van der Waals surface area contributed by atoms with E-state index in [1.807, 2.05) is 14.7 Å². The predicted octanol–water partition coefficient (Wildman–Crippen LogP) is -1.60. The summed E-state index contributed by atoms with van der Waals surface area (Å²) in [7, 11) is -2.64. The molecule has 0 saturated carbocycles. The van der Waals surface area contributed by atoms with Crippen molar-refractivity contribution in [3.8, 4) is 0 Å². The molecule has 1 atom stereocenters. The molecule has 132 valence electrons. The van der Waals surface area contributed by atoms with Crippen LogP contribution in [-0.4, -0.2) is 94.4 Å².